The number of ether oxygens (including phenoxy) is 2. The number of nitrogens with zero attached hydrogens (tertiary/aromatic N) is 2. The Balaban J connectivity index is 1.32. The summed E-state index contributed by atoms with van der Waals surface area (Å²) in [5.74, 6) is 1.42. The lowest BCUT2D eigenvalue weighted by Gasteiger charge is -2.36. The van der Waals surface area contributed by atoms with Gasteiger partial charge < -0.3 is 19.3 Å². The topological polar surface area (TPSA) is 42.0 Å². The van der Waals surface area contributed by atoms with Crippen LogP contribution in [0.25, 0.3) is 0 Å². The van der Waals surface area contributed by atoms with Crippen molar-refractivity contribution in [3.63, 3.8) is 0 Å². The van der Waals surface area contributed by atoms with E-state index in [0.29, 0.717) is 37.6 Å². The molecule has 0 aliphatic carbocycles. The minimum absolute atomic E-state index is 0.0160. The van der Waals surface area contributed by atoms with Crippen LogP contribution in [-0.2, 0) is 0 Å². The lowest BCUT2D eigenvalue weighted by Crippen LogP contribution is -2.48. The van der Waals surface area contributed by atoms with Gasteiger partial charge in [-0.2, -0.15) is 0 Å². The van der Waals surface area contributed by atoms with E-state index in [1.165, 1.54) is 5.69 Å². The van der Waals surface area contributed by atoms with E-state index in [-0.39, 0.29) is 5.91 Å². The lowest BCUT2D eigenvalue weighted by atomic mass is 10.1. The van der Waals surface area contributed by atoms with Crippen molar-refractivity contribution in [3.05, 3.63) is 90.5 Å². The maximum Gasteiger partial charge on any atom is 0.257 e. The van der Waals surface area contributed by atoms with E-state index in [1.807, 2.05) is 77.7 Å². The highest BCUT2D eigenvalue weighted by atomic mass is 16.5. The van der Waals surface area contributed by atoms with Crippen LogP contribution in [0.15, 0.2) is 84.9 Å². The fraction of sp³-hybridized carbons (Fsp3) is 0.240. The molecule has 1 aliphatic rings. The average Bonchev–Trinajstić information content (AvgIpc) is 2.83. The zero-order valence-corrected chi connectivity index (χ0v) is 16.9. The van der Waals surface area contributed by atoms with Gasteiger partial charge in [-0.15, -0.1) is 0 Å². The summed E-state index contributed by atoms with van der Waals surface area (Å²) in [5.41, 5.74) is 1.80. The van der Waals surface area contributed by atoms with Crippen LogP contribution in [0.5, 0.6) is 11.5 Å². The molecule has 0 atom stereocenters. The largest absolute Gasteiger partial charge is 0.490 e. The molecule has 3 aromatic rings. The Morgan fingerprint density at radius 3 is 2.03 bits per heavy atom. The highest BCUT2D eigenvalue weighted by Gasteiger charge is 2.24. The second-order valence-electron chi connectivity index (χ2n) is 7.12. The molecule has 1 saturated heterocycles. The van der Waals surface area contributed by atoms with Gasteiger partial charge in [0.05, 0.1) is 5.56 Å². The highest BCUT2D eigenvalue weighted by Crippen LogP contribution is 2.22. The number of rotatable bonds is 7. The zero-order valence-electron chi connectivity index (χ0n) is 16.9. The number of hydrogen-bond acceptors (Lipinski definition) is 4. The standard InChI is InChI=1S/C25H26N2O3/c28-25(27-17-15-26(16-18-27)21-9-3-1-4-10-21)23-13-7-8-14-24(23)30-20-19-29-22-11-5-2-6-12-22/h1-14H,15-20H2. The molecule has 4 rings (SSSR count). The predicted octanol–water partition coefficient (Wildman–Crippen LogP) is 4.11. The second kappa shape index (κ2) is 9.83. The van der Waals surface area contributed by atoms with E-state index >= 15 is 0 Å². The van der Waals surface area contributed by atoms with E-state index in [0.717, 1.165) is 18.8 Å². The number of amides is 1. The Morgan fingerprint density at radius 1 is 0.700 bits per heavy atom. The van der Waals surface area contributed by atoms with Crippen LogP contribution in [-0.4, -0.2) is 50.2 Å². The Morgan fingerprint density at radius 2 is 1.30 bits per heavy atom. The molecule has 0 saturated carbocycles. The van der Waals surface area contributed by atoms with Crippen molar-refractivity contribution in [3.8, 4) is 11.5 Å². The number of benzene rings is 3. The van der Waals surface area contributed by atoms with E-state index in [4.69, 9.17) is 9.47 Å². The first-order chi connectivity index (χ1) is 14.8. The molecule has 0 N–H and O–H groups in total. The molecule has 0 aromatic heterocycles. The van der Waals surface area contributed by atoms with Crippen molar-refractivity contribution in [1.29, 1.82) is 0 Å². The maximum absolute atomic E-state index is 13.1. The van der Waals surface area contributed by atoms with Crippen molar-refractivity contribution >= 4 is 11.6 Å². The van der Waals surface area contributed by atoms with Gasteiger partial charge in [-0.1, -0.05) is 48.5 Å². The SMILES string of the molecule is O=C(c1ccccc1OCCOc1ccccc1)N1CCN(c2ccccc2)CC1. The number of piperazine rings is 1. The Bertz CT molecular complexity index is 939. The monoisotopic (exact) mass is 402 g/mol. The first kappa shape index (κ1) is 19.8. The number of anilines is 1. The van der Waals surface area contributed by atoms with Gasteiger partial charge in [-0.05, 0) is 36.4 Å². The van der Waals surface area contributed by atoms with Gasteiger partial charge in [0.2, 0.25) is 0 Å². The summed E-state index contributed by atoms with van der Waals surface area (Å²) in [4.78, 5) is 17.3. The molecule has 3 aromatic carbocycles. The number of para-hydroxylation sites is 3. The second-order valence-corrected chi connectivity index (χ2v) is 7.12. The third-order valence-corrected chi connectivity index (χ3v) is 5.16. The van der Waals surface area contributed by atoms with Crippen molar-refractivity contribution < 1.29 is 14.3 Å². The summed E-state index contributed by atoms with van der Waals surface area (Å²) in [7, 11) is 0. The molecule has 5 nitrogen and oxygen atoms in total. The molecule has 30 heavy (non-hydrogen) atoms. The molecule has 0 unspecified atom stereocenters. The fourth-order valence-corrected chi connectivity index (χ4v) is 3.57. The molecule has 0 bridgehead atoms. The molecule has 154 valence electrons. The Labute approximate surface area is 177 Å². The summed E-state index contributed by atoms with van der Waals surface area (Å²) < 4.78 is 11.6. The summed E-state index contributed by atoms with van der Waals surface area (Å²) in [6.45, 7) is 3.83. The van der Waals surface area contributed by atoms with E-state index in [2.05, 4.69) is 17.0 Å². The van der Waals surface area contributed by atoms with Gasteiger partial charge in [0, 0.05) is 31.9 Å². The van der Waals surface area contributed by atoms with Gasteiger partial charge in [0.1, 0.15) is 24.7 Å². The molecule has 0 radical (unpaired) electrons. The molecule has 1 heterocycles. The van der Waals surface area contributed by atoms with Crippen molar-refractivity contribution in [2.45, 2.75) is 0 Å². The molecule has 1 amide bonds. The van der Waals surface area contributed by atoms with Crippen molar-refractivity contribution in [1.82, 2.24) is 4.90 Å². The molecule has 1 fully saturated rings. The highest BCUT2D eigenvalue weighted by molar-refractivity contribution is 5.97. The van der Waals surface area contributed by atoms with E-state index < -0.39 is 0 Å². The van der Waals surface area contributed by atoms with Gasteiger partial charge in [0.25, 0.3) is 5.91 Å². The number of carbonyl (C=O) groups is 1. The third-order valence-electron chi connectivity index (χ3n) is 5.16. The zero-order chi connectivity index (χ0) is 20.6. The Kier molecular flexibility index (Phi) is 6.50. The molecular formula is C25H26N2O3. The lowest BCUT2D eigenvalue weighted by molar-refractivity contribution is 0.0741. The molecule has 0 spiro atoms. The fourth-order valence-electron chi connectivity index (χ4n) is 3.57. The van der Waals surface area contributed by atoms with Crippen LogP contribution in [0.1, 0.15) is 10.4 Å². The minimum atomic E-state index is 0.0160. The van der Waals surface area contributed by atoms with Crippen LogP contribution in [0.3, 0.4) is 0 Å². The van der Waals surface area contributed by atoms with Crippen LogP contribution in [0.4, 0.5) is 5.69 Å². The normalized spacial score (nSPS) is 13.7. The number of carbonyl (C=O) groups excluding carboxylic acids is 1. The molecule has 5 heteroatoms. The van der Waals surface area contributed by atoms with Crippen LogP contribution >= 0.6 is 0 Å². The first-order valence-electron chi connectivity index (χ1n) is 10.3. The van der Waals surface area contributed by atoms with Crippen molar-refractivity contribution in [2.75, 3.05) is 44.3 Å². The quantitative estimate of drug-likeness (QED) is 0.558. The van der Waals surface area contributed by atoms with Crippen LogP contribution in [0, 0.1) is 0 Å². The summed E-state index contributed by atoms with van der Waals surface area (Å²) in [5, 5.41) is 0. The van der Waals surface area contributed by atoms with Gasteiger partial charge in [-0.3, -0.25) is 4.79 Å². The molecular weight excluding hydrogens is 376 g/mol. The van der Waals surface area contributed by atoms with Crippen molar-refractivity contribution in [2.24, 2.45) is 0 Å². The minimum Gasteiger partial charge on any atom is -0.490 e. The maximum atomic E-state index is 13.1. The summed E-state index contributed by atoms with van der Waals surface area (Å²) >= 11 is 0. The predicted molar refractivity (Wildman–Crippen MR) is 118 cm³/mol. The van der Waals surface area contributed by atoms with E-state index in [1.54, 1.807) is 0 Å². The third kappa shape index (κ3) is 4.92. The summed E-state index contributed by atoms with van der Waals surface area (Å²) in [6, 6.07) is 27.4. The van der Waals surface area contributed by atoms with Gasteiger partial charge in [0.15, 0.2) is 0 Å². The average molecular weight is 402 g/mol. The van der Waals surface area contributed by atoms with Crippen LogP contribution < -0.4 is 14.4 Å². The van der Waals surface area contributed by atoms with E-state index in [9.17, 15) is 4.79 Å². The molecule has 1 aliphatic heterocycles. The Hall–Kier alpha value is -3.47. The van der Waals surface area contributed by atoms with Gasteiger partial charge in [-0.25, -0.2) is 0 Å². The first-order valence-corrected chi connectivity index (χ1v) is 10.3. The number of hydrogen-bond donors (Lipinski definition) is 0. The van der Waals surface area contributed by atoms with Crippen LogP contribution in [0.2, 0.25) is 0 Å². The smallest absolute Gasteiger partial charge is 0.257 e. The van der Waals surface area contributed by atoms with Gasteiger partial charge >= 0.3 is 0 Å². The summed E-state index contributed by atoms with van der Waals surface area (Å²) in [6.07, 6.45) is 0.